The SMILES string of the molecule is COCC(C)NC(=S)NCc1ccccc1Br. The first-order valence-corrected chi connectivity index (χ1v) is 6.60. The molecule has 0 aliphatic rings. The molecule has 0 saturated heterocycles. The van der Waals surface area contributed by atoms with Crippen LogP contribution in [0.25, 0.3) is 0 Å². The topological polar surface area (TPSA) is 33.3 Å². The maximum atomic E-state index is 5.19. The largest absolute Gasteiger partial charge is 0.383 e. The average molecular weight is 317 g/mol. The smallest absolute Gasteiger partial charge is 0.166 e. The fourth-order valence-electron chi connectivity index (χ4n) is 1.38. The Morgan fingerprint density at radius 3 is 2.82 bits per heavy atom. The predicted molar refractivity (Wildman–Crippen MR) is 78.1 cm³/mol. The number of thiocarbonyl (C=S) groups is 1. The van der Waals surface area contributed by atoms with E-state index in [-0.39, 0.29) is 6.04 Å². The van der Waals surface area contributed by atoms with Crippen molar-refractivity contribution in [3.05, 3.63) is 34.3 Å². The van der Waals surface area contributed by atoms with Crippen LogP contribution >= 0.6 is 28.1 Å². The highest BCUT2D eigenvalue weighted by Crippen LogP contribution is 2.15. The number of hydrogen-bond donors (Lipinski definition) is 2. The van der Waals surface area contributed by atoms with Crippen molar-refractivity contribution in [3.8, 4) is 0 Å². The number of rotatable bonds is 5. The number of halogens is 1. The Morgan fingerprint density at radius 1 is 1.47 bits per heavy atom. The summed E-state index contributed by atoms with van der Waals surface area (Å²) < 4.78 is 6.11. The molecule has 0 amide bonds. The summed E-state index contributed by atoms with van der Waals surface area (Å²) in [4.78, 5) is 0. The molecule has 0 spiro atoms. The van der Waals surface area contributed by atoms with Gasteiger partial charge in [-0.25, -0.2) is 0 Å². The molecular weight excluding hydrogens is 300 g/mol. The molecule has 0 heterocycles. The van der Waals surface area contributed by atoms with Gasteiger partial charge in [0.15, 0.2) is 5.11 Å². The Bertz CT molecular complexity index is 373. The molecule has 17 heavy (non-hydrogen) atoms. The Hall–Kier alpha value is -0.650. The third-order valence-electron chi connectivity index (χ3n) is 2.19. The molecule has 94 valence electrons. The molecule has 0 saturated carbocycles. The first kappa shape index (κ1) is 14.4. The zero-order valence-electron chi connectivity index (χ0n) is 10.00. The van der Waals surface area contributed by atoms with Crippen LogP contribution in [0, 0.1) is 0 Å². The van der Waals surface area contributed by atoms with Crippen LogP contribution in [0.4, 0.5) is 0 Å². The van der Waals surface area contributed by atoms with Crippen LogP contribution < -0.4 is 10.6 Å². The molecule has 1 rings (SSSR count). The number of nitrogens with one attached hydrogen (secondary N) is 2. The molecule has 1 aromatic rings. The molecule has 1 aromatic carbocycles. The van der Waals surface area contributed by atoms with Gasteiger partial charge in [-0.2, -0.15) is 0 Å². The monoisotopic (exact) mass is 316 g/mol. The maximum Gasteiger partial charge on any atom is 0.166 e. The van der Waals surface area contributed by atoms with Crippen molar-refractivity contribution in [2.45, 2.75) is 19.5 Å². The van der Waals surface area contributed by atoms with Gasteiger partial charge < -0.3 is 15.4 Å². The van der Waals surface area contributed by atoms with Gasteiger partial charge in [-0.05, 0) is 30.8 Å². The quantitative estimate of drug-likeness (QED) is 0.818. The van der Waals surface area contributed by atoms with Crippen molar-refractivity contribution in [1.29, 1.82) is 0 Å². The highest BCUT2D eigenvalue weighted by Gasteiger charge is 2.04. The number of hydrogen-bond acceptors (Lipinski definition) is 2. The van der Waals surface area contributed by atoms with Gasteiger partial charge >= 0.3 is 0 Å². The van der Waals surface area contributed by atoms with Crippen molar-refractivity contribution >= 4 is 33.3 Å². The van der Waals surface area contributed by atoms with E-state index in [0.717, 1.165) is 4.47 Å². The third-order valence-corrected chi connectivity index (χ3v) is 3.23. The molecule has 1 atom stereocenters. The maximum absolute atomic E-state index is 5.19. The van der Waals surface area contributed by atoms with Crippen molar-refractivity contribution in [2.75, 3.05) is 13.7 Å². The van der Waals surface area contributed by atoms with Gasteiger partial charge in [0, 0.05) is 24.2 Å². The Morgan fingerprint density at radius 2 is 2.18 bits per heavy atom. The van der Waals surface area contributed by atoms with Gasteiger partial charge in [-0.15, -0.1) is 0 Å². The van der Waals surface area contributed by atoms with E-state index in [1.165, 1.54) is 5.56 Å². The second-order valence-electron chi connectivity index (χ2n) is 3.77. The van der Waals surface area contributed by atoms with Crippen molar-refractivity contribution in [1.82, 2.24) is 10.6 Å². The number of methoxy groups -OCH3 is 1. The van der Waals surface area contributed by atoms with Crippen molar-refractivity contribution in [2.24, 2.45) is 0 Å². The number of ether oxygens (including phenoxy) is 1. The standard InChI is InChI=1S/C12H17BrN2OS/c1-9(8-16-2)15-12(17)14-7-10-5-3-4-6-11(10)13/h3-6,9H,7-8H2,1-2H3,(H2,14,15,17). The first-order chi connectivity index (χ1) is 8.13. The zero-order valence-corrected chi connectivity index (χ0v) is 12.4. The Balaban J connectivity index is 2.36. The minimum absolute atomic E-state index is 0.208. The summed E-state index contributed by atoms with van der Waals surface area (Å²) in [5, 5.41) is 6.96. The summed E-state index contributed by atoms with van der Waals surface area (Å²) >= 11 is 8.69. The molecule has 1 unspecified atom stereocenters. The van der Waals surface area contributed by atoms with Gasteiger partial charge in [0.05, 0.1) is 6.61 Å². The van der Waals surface area contributed by atoms with E-state index in [4.69, 9.17) is 17.0 Å². The fourth-order valence-corrected chi connectivity index (χ4v) is 2.08. The van der Waals surface area contributed by atoms with Gasteiger partial charge in [-0.3, -0.25) is 0 Å². The van der Waals surface area contributed by atoms with Crippen molar-refractivity contribution < 1.29 is 4.74 Å². The molecule has 0 aliphatic carbocycles. The summed E-state index contributed by atoms with van der Waals surface area (Å²) in [7, 11) is 1.68. The van der Waals surface area contributed by atoms with Crippen LogP contribution in [0.2, 0.25) is 0 Å². The second kappa shape index (κ2) is 7.63. The van der Waals surface area contributed by atoms with E-state index >= 15 is 0 Å². The lowest BCUT2D eigenvalue weighted by Crippen LogP contribution is -2.42. The summed E-state index contributed by atoms with van der Waals surface area (Å²) in [5.41, 5.74) is 1.18. The van der Waals surface area contributed by atoms with Crippen LogP contribution in [0.5, 0.6) is 0 Å². The van der Waals surface area contributed by atoms with Crippen molar-refractivity contribution in [3.63, 3.8) is 0 Å². The van der Waals surface area contributed by atoms with Gasteiger partial charge in [0.25, 0.3) is 0 Å². The molecule has 0 bridgehead atoms. The van der Waals surface area contributed by atoms with Gasteiger partial charge in [0.2, 0.25) is 0 Å². The van der Waals surface area contributed by atoms with E-state index < -0.39 is 0 Å². The van der Waals surface area contributed by atoms with Crippen LogP contribution in [0.3, 0.4) is 0 Å². The second-order valence-corrected chi connectivity index (χ2v) is 5.04. The molecular formula is C12H17BrN2OS. The highest BCUT2D eigenvalue weighted by molar-refractivity contribution is 9.10. The molecule has 0 aliphatic heterocycles. The minimum Gasteiger partial charge on any atom is -0.383 e. The highest BCUT2D eigenvalue weighted by atomic mass is 79.9. The molecule has 5 heteroatoms. The lowest BCUT2D eigenvalue weighted by atomic mass is 10.2. The van der Waals surface area contributed by atoms with E-state index in [1.54, 1.807) is 7.11 Å². The summed E-state index contributed by atoms with van der Waals surface area (Å²) in [6.45, 7) is 3.36. The summed E-state index contributed by atoms with van der Waals surface area (Å²) in [5.74, 6) is 0. The lowest BCUT2D eigenvalue weighted by molar-refractivity contribution is 0.179. The van der Waals surface area contributed by atoms with E-state index in [0.29, 0.717) is 18.3 Å². The molecule has 2 N–H and O–H groups in total. The number of benzene rings is 1. The van der Waals surface area contributed by atoms with Gasteiger partial charge in [-0.1, -0.05) is 34.1 Å². The third kappa shape index (κ3) is 5.48. The van der Waals surface area contributed by atoms with Gasteiger partial charge in [0.1, 0.15) is 0 Å². The Kier molecular flexibility index (Phi) is 6.47. The lowest BCUT2D eigenvalue weighted by Gasteiger charge is -2.16. The Labute approximate surface area is 116 Å². The van der Waals surface area contributed by atoms with Crippen LogP contribution in [0.1, 0.15) is 12.5 Å². The molecule has 3 nitrogen and oxygen atoms in total. The van der Waals surface area contributed by atoms with E-state index in [2.05, 4.69) is 32.6 Å². The first-order valence-electron chi connectivity index (χ1n) is 5.40. The van der Waals surface area contributed by atoms with E-state index in [9.17, 15) is 0 Å². The predicted octanol–water partition coefficient (Wildman–Crippen LogP) is 2.45. The summed E-state index contributed by atoms with van der Waals surface area (Å²) in [6.07, 6.45) is 0. The van der Waals surface area contributed by atoms with Crippen LogP contribution in [-0.2, 0) is 11.3 Å². The fraction of sp³-hybridized carbons (Fsp3) is 0.417. The van der Waals surface area contributed by atoms with E-state index in [1.807, 2.05) is 25.1 Å². The summed E-state index contributed by atoms with van der Waals surface area (Å²) in [6, 6.07) is 8.27. The average Bonchev–Trinajstić information content (AvgIpc) is 2.28. The minimum atomic E-state index is 0.208. The van der Waals surface area contributed by atoms with Crippen LogP contribution in [-0.4, -0.2) is 24.9 Å². The molecule has 0 fully saturated rings. The van der Waals surface area contributed by atoms with Crippen LogP contribution in [0.15, 0.2) is 28.7 Å². The molecule has 0 radical (unpaired) electrons. The zero-order chi connectivity index (χ0) is 12.7. The molecule has 0 aromatic heterocycles. The normalized spacial score (nSPS) is 11.9.